The highest BCUT2D eigenvalue weighted by Crippen LogP contribution is 2.46. The minimum Gasteiger partial charge on any atom is -0.388 e. The van der Waals surface area contributed by atoms with E-state index in [1.54, 1.807) is 10.9 Å². The van der Waals surface area contributed by atoms with Crippen molar-refractivity contribution >= 4 is 0 Å². The van der Waals surface area contributed by atoms with E-state index in [1.165, 1.54) is 0 Å². The van der Waals surface area contributed by atoms with Gasteiger partial charge in [-0.2, -0.15) is 5.10 Å². The summed E-state index contributed by atoms with van der Waals surface area (Å²) in [7, 11) is 0. The van der Waals surface area contributed by atoms with Crippen molar-refractivity contribution in [1.29, 1.82) is 0 Å². The predicted octanol–water partition coefficient (Wildman–Crippen LogP) is 2.42. The van der Waals surface area contributed by atoms with E-state index in [4.69, 9.17) is 5.73 Å². The molecule has 1 fully saturated rings. The lowest BCUT2D eigenvalue weighted by atomic mass is 9.78. The number of benzene rings is 1. The summed E-state index contributed by atoms with van der Waals surface area (Å²) in [6.45, 7) is 0.532. The maximum atomic E-state index is 10.7. The first-order chi connectivity index (χ1) is 9.75. The second-order valence-electron chi connectivity index (χ2n) is 5.73. The van der Waals surface area contributed by atoms with Crippen LogP contribution >= 0.6 is 0 Å². The molecule has 1 aliphatic carbocycles. The molecule has 1 aromatic heterocycles. The number of para-hydroxylation sites is 1. The number of nitrogens with zero attached hydrogens (tertiary/aromatic N) is 2. The number of aliphatic hydroxyl groups excluding tert-OH is 1. The molecule has 0 amide bonds. The van der Waals surface area contributed by atoms with Crippen LogP contribution in [-0.4, -0.2) is 21.4 Å². The summed E-state index contributed by atoms with van der Waals surface area (Å²) in [4.78, 5) is 0. The average Bonchev–Trinajstić information content (AvgIpc) is 3.17. The van der Waals surface area contributed by atoms with E-state index in [9.17, 15) is 5.11 Å². The number of aromatic nitrogens is 2. The summed E-state index contributed by atoms with van der Waals surface area (Å²) in [6, 6.07) is 9.93. The van der Waals surface area contributed by atoms with Gasteiger partial charge in [0.15, 0.2) is 0 Å². The largest absolute Gasteiger partial charge is 0.388 e. The molecule has 0 radical (unpaired) electrons. The summed E-state index contributed by atoms with van der Waals surface area (Å²) < 4.78 is 1.80. The Morgan fingerprint density at radius 2 is 1.95 bits per heavy atom. The zero-order valence-corrected chi connectivity index (χ0v) is 11.6. The first kappa shape index (κ1) is 13.3. The highest BCUT2D eigenvalue weighted by Gasteiger charge is 2.40. The van der Waals surface area contributed by atoms with Crippen LogP contribution in [0.3, 0.4) is 0 Å². The molecular weight excluding hydrogens is 250 g/mol. The van der Waals surface area contributed by atoms with Gasteiger partial charge in [0.25, 0.3) is 0 Å². The normalized spacial score (nSPS) is 19.1. The fourth-order valence-electron chi connectivity index (χ4n) is 3.22. The molecule has 3 N–H and O–H groups in total. The first-order valence-electron chi connectivity index (χ1n) is 7.23. The number of rotatable bonds is 4. The van der Waals surface area contributed by atoms with E-state index in [-0.39, 0.29) is 5.41 Å². The number of hydrogen-bond donors (Lipinski definition) is 2. The molecule has 1 atom stereocenters. The number of hydrogen-bond acceptors (Lipinski definition) is 3. The smallest absolute Gasteiger partial charge is 0.0888 e. The lowest BCUT2D eigenvalue weighted by molar-refractivity contribution is 0.0333. The van der Waals surface area contributed by atoms with Crippen molar-refractivity contribution in [2.24, 2.45) is 11.1 Å². The van der Waals surface area contributed by atoms with E-state index >= 15 is 0 Å². The Hall–Kier alpha value is -1.65. The zero-order chi connectivity index (χ0) is 14.0. The summed E-state index contributed by atoms with van der Waals surface area (Å²) >= 11 is 0. The number of nitrogens with two attached hydrogens (primary N) is 1. The second kappa shape index (κ2) is 5.38. The maximum Gasteiger partial charge on any atom is 0.0888 e. The molecule has 0 aliphatic heterocycles. The van der Waals surface area contributed by atoms with Crippen LogP contribution in [0.5, 0.6) is 0 Å². The lowest BCUT2D eigenvalue weighted by Gasteiger charge is -2.32. The second-order valence-corrected chi connectivity index (χ2v) is 5.73. The third-order valence-corrected chi connectivity index (χ3v) is 4.52. The third kappa shape index (κ3) is 2.25. The van der Waals surface area contributed by atoms with Crippen molar-refractivity contribution in [2.45, 2.75) is 31.8 Å². The Bertz CT molecular complexity index is 558. The molecule has 3 rings (SSSR count). The van der Waals surface area contributed by atoms with Gasteiger partial charge in [0.2, 0.25) is 0 Å². The topological polar surface area (TPSA) is 64.1 Å². The molecule has 0 saturated heterocycles. The van der Waals surface area contributed by atoms with E-state index < -0.39 is 6.10 Å². The Labute approximate surface area is 119 Å². The van der Waals surface area contributed by atoms with Gasteiger partial charge in [-0.05, 0) is 25.0 Å². The van der Waals surface area contributed by atoms with Gasteiger partial charge in [-0.15, -0.1) is 0 Å². The van der Waals surface area contributed by atoms with Crippen molar-refractivity contribution in [2.75, 3.05) is 6.54 Å². The van der Waals surface area contributed by atoms with Gasteiger partial charge < -0.3 is 10.8 Å². The standard InChI is InChI=1S/C16H21N3O/c17-12-16(8-4-5-9-16)15(20)13-10-18-19(11-13)14-6-2-1-3-7-14/h1-3,6-7,10-11,15,20H,4-5,8-9,12,17H2. The zero-order valence-electron chi connectivity index (χ0n) is 11.6. The molecule has 0 bridgehead atoms. The Morgan fingerprint density at radius 3 is 2.60 bits per heavy atom. The minimum absolute atomic E-state index is 0.162. The van der Waals surface area contributed by atoms with Crippen LogP contribution in [0.15, 0.2) is 42.7 Å². The molecule has 2 aromatic rings. The van der Waals surface area contributed by atoms with Crippen LogP contribution in [0.2, 0.25) is 0 Å². The van der Waals surface area contributed by atoms with Gasteiger partial charge in [-0.25, -0.2) is 4.68 Å². The van der Waals surface area contributed by atoms with Crippen molar-refractivity contribution in [3.05, 3.63) is 48.3 Å². The van der Waals surface area contributed by atoms with Crippen molar-refractivity contribution in [3.63, 3.8) is 0 Å². The molecule has 1 saturated carbocycles. The molecule has 1 aromatic carbocycles. The predicted molar refractivity (Wildman–Crippen MR) is 78.5 cm³/mol. The summed E-state index contributed by atoms with van der Waals surface area (Å²) in [5, 5.41) is 15.1. The van der Waals surface area contributed by atoms with Crippen LogP contribution in [0, 0.1) is 5.41 Å². The van der Waals surface area contributed by atoms with E-state index in [0.717, 1.165) is 36.9 Å². The van der Waals surface area contributed by atoms with E-state index in [1.807, 2.05) is 36.5 Å². The molecule has 4 nitrogen and oxygen atoms in total. The van der Waals surface area contributed by atoms with Gasteiger partial charge in [-0.3, -0.25) is 0 Å². The minimum atomic E-state index is -0.521. The van der Waals surface area contributed by atoms with Crippen molar-refractivity contribution in [3.8, 4) is 5.69 Å². The van der Waals surface area contributed by atoms with Crippen LogP contribution in [0.25, 0.3) is 5.69 Å². The highest BCUT2D eigenvalue weighted by molar-refractivity contribution is 5.31. The lowest BCUT2D eigenvalue weighted by Crippen LogP contribution is -2.34. The van der Waals surface area contributed by atoms with E-state index in [2.05, 4.69) is 5.10 Å². The Balaban J connectivity index is 1.86. The fraction of sp³-hybridized carbons (Fsp3) is 0.438. The van der Waals surface area contributed by atoms with E-state index in [0.29, 0.717) is 6.54 Å². The van der Waals surface area contributed by atoms with Crippen LogP contribution < -0.4 is 5.73 Å². The van der Waals surface area contributed by atoms with Gasteiger partial charge in [0.1, 0.15) is 0 Å². The summed E-state index contributed by atoms with van der Waals surface area (Å²) in [5.41, 5.74) is 7.64. The first-order valence-corrected chi connectivity index (χ1v) is 7.23. The Morgan fingerprint density at radius 1 is 1.25 bits per heavy atom. The fourth-order valence-corrected chi connectivity index (χ4v) is 3.22. The maximum absolute atomic E-state index is 10.7. The summed E-state index contributed by atoms with van der Waals surface area (Å²) in [5.74, 6) is 0. The monoisotopic (exact) mass is 271 g/mol. The molecule has 0 spiro atoms. The van der Waals surface area contributed by atoms with Gasteiger partial charge in [0.05, 0.1) is 18.0 Å². The SMILES string of the molecule is NCC1(C(O)c2cnn(-c3ccccc3)c2)CCCC1. The quantitative estimate of drug-likeness (QED) is 0.897. The van der Waals surface area contributed by atoms with Crippen molar-refractivity contribution < 1.29 is 5.11 Å². The molecular formula is C16H21N3O. The third-order valence-electron chi connectivity index (χ3n) is 4.52. The van der Waals surface area contributed by atoms with Crippen LogP contribution in [0.4, 0.5) is 0 Å². The van der Waals surface area contributed by atoms with Crippen molar-refractivity contribution in [1.82, 2.24) is 9.78 Å². The van der Waals surface area contributed by atoms with Gasteiger partial charge in [0, 0.05) is 23.7 Å². The van der Waals surface area contributed by atoms with Crippen LogP contribution in [0.1, 0.15) is 37.4 Å². The molecule has 1 unspecified atom stereocenters. The highest BCUT2D eigenvalue weighted by atomic mass is 16.3. The number of aliphatic hydroxyl groups is 1. The summed E-state index contributed by atoms with van der Waals surface area (Å²) in [6.07, 6.45) is 7.46. The van der Waals surface area contributed by atoms with Gasteiger partial charge in [-0.1, -0.05) is 31.0 Å². The van der Waals surface area contributed by atoms with Crippen LogP contribution in [-0.2, 0) is 0 Å². The Kier molecular flexibility index (Phi) is 3.59. The molecule has 1 aliphatic rings. The molecule has 106 valence electrons. The molecule has 20 heavy (non-hydrogen) atoms. The molecule has 1 heterocycles. The molecule has 4 heteroatoms. The van der Waals surface area contributed by atoms with Gasteiger partial charge >= 0.3 is 0 Å². The average molecular weight is 271 g/mol.